The molecule has 2 rings (SSSR count). The third-order valence-electron chi connectivity index (χ3n) is 5.29. The first kappa shape index (κ1) is 27.9. The Morgan fingerprint density at radius 3 is 2.14 bits per heavy atom. The molecule has 0 spiro atoms. The average molecular weight is 505 g/mol. The van der Waals surface area contributed by atoms with Crippen molar-refractivity contribution in [2.45, 2.75) is 50.9 Å². The van der Waals surface area contributed by atoms with E-state index in [1.54, 1.807) is 38.1 Å². The first-order chi connectivity index (χ1) is 16.6. The molecule has 1 aromatic heterocycles. The van der Waals surface area contributed by atoms with Crippen LogP contribution in [0.25, 0.3) is 0 Å². The highest BCUT2D eigenvalue weighted by molar-refractivity contribution is 7.80. The van der Waals surface area contributed by atoms with E-state index in [4.69, 9.17) is 5.73 Å². The summed E-state index contributed by atoms with van der Waals surface area (Å²) in [6, 6.07) is 4.76. The van der Waals surface area contributed by atoms with Crippen molar-refractivity contribution in [2.75, 3.05) is 5.75 Å². The van der Waals surface area contributed by atoms with Gasteiger partial charge in [-0.2, -0.15) is 12.6 Å². The molecule has 0 aliphatic heterocycles. The minimum atomic E-state index is -1.18. The van der Waals surface area contributed by atoms with Gasteiger partial charge in [0.2, 0.25) is 17.7 Å². The van der Waals surface area contributed by atoms with E-state index in [1.807, 2.05) is 6.07 Å². The maximum Gasteiger partial charge on any atom is 0.326 e. The van der Waals surface area contributed by atoms with E-state index in [2.05, 4.69) is 38.5 Å². The van der Waals surface area contributed by atoms with Crippen molar-refractivity contribution < 1.29 is 24.3 Å². The molecule has 3 amide bonds. The number of hydrogen-bond donors (Lipinski definition) is 7. The normalized spacial score (nSPS) is 14.4. The summed E-state index contributed by atoms with van der Waals surface area (Å²) in [5, 5.41) is 17.2. The number of carboxylic acid groups (broad SMARTS) is 1. The zero-order valence-corrected chi connectivity index (χ0v) is 20.5. The molecular formula is C23H32N6O5S. The van der Waals surface area contributed by atoms with E-state index in [1.165, 1.54) is 12.5 Å². The first-order valence-electron chi connectivity index (χ1n) is 11.1. The molecule has 0 radical (unpaired) electrons. The van der Waals surface area contributed by atoms with Gasteiger partial charge < -0.3 is 31.8 Å². The summed E-state index contributed by atoms with van der Waals surface area (Å²) in [4.78, 5) is 57.1. The molecule has 35 heavy (non-hydrogen) atoms. The van der Waals surface area contributed by atoms with E-state index in [9.17, 15) is 24.3 Å². The molecule has 7 N–H and O–H groups in total. The number of benzene rings is 1. The van der Waals surface area contributed by atoms with Gasteiger partial charge in [0.1, 0.15) is 18.1 Å². The van der Waals surface area contributed by atoms with Crippen LogP contribution in [-0.4, -0.2) is 68.7 Å². The molecule has 12 heteroatoms. The van der Waals surface area contributed by atoms with Crippen LogP contribution in [0.4, 0.5) is 0 Å². The maximum atomic E-state index is 13.3. The Hall–Kier alpha value is -3.38. The van der Waals surface area contributed by atoms with E-state index in [0.29, 0.717) is 5.69 Å². The summed E-state index contributed by atoms with van der Waals surface area (Å²) in [6.45, 7) is 3.34. The fourth-order valence-electron chi connectivity index (χ4n) is 3.29. The summed E-state index contributed by atoms with van der Waals surface area (Å²) >= 11 is 4.02. The second-order valence-electron chi connectivity index (χ2n) is 8.45. The molecule has 0 aliphatic rings. The van der Waals surface area contributed by atoms with Gasteiger partial charge in [-0.15, -0.1) is 0 Å². The third kappa shape index (κ3) is 8.72. The smallest absolute Gasteiger partial charge is 0.326 e. The van der Waals surface area contributed by atoms with Crippen LogP contribution < -0.4 is 21.7 Å². The van der Waals surface area contributed by atoms with Crippen LogP contribution in [0.2, 0.25) is 0 Å². The minimum Gasteiger partial charge on any atom is -0.480 e. The fourth-order valence-corrected chi connectivity index (χ4v) is 3.45. The number of hydrogen-bond acceptors (Lipinski definition) is 7. The number of carbonyl (C=O) groups excluding carboxylic acids is 3. The Kier molecular flexibility index (Phi) is 10.7. The number of H-pyrrole nitrogens is 1. The largest absolute Gasteiger partial charge is 0.480 e. The number of amides is 3. The lowest BCUT2D eigenvalue weighted by molar-refractivity contribution is -0.143. The van der Waals surface area contributed by atoms with E-state index in [-0.39, 0.29) is 24.5 Å². The summed E-state index contributed by atoms with van der Waals surface area (Å²) in [5.74, 6) is -3.33. The lowest BCUT2D eigenvalue weighted by atomic mass is 10.0. The minimum absolute atomic E-state index is 0.0697. The Morgan fingerprint density at radius 1 is 1.00 bits per heavy atom. The predicted octanol–water partition coefficient (Wildman–Crippen LogP) is -0.353. The zero-order valence-electron chi connectivity index (χ0n) is 19.6. The van der Waals surface area contributed by atoms with Crippen molar-refractivity contribution >= 4 is 36.3 Å². The number of nitrogens with two attached hydrogens (primary N) is 1. The number of carbonyl (C=O) groups is 4. The summed E-state index contributed by atoms with van der Waals surface area (Å²) < 4.78 is 0. The Balaban J connectivity index is 2.27. The maximum absolute atomic E-state index is 13.3. The predicted molar refractivity (Wildman–Crippen MR) is 133 cm³/mol. The van der Waals surface area contributed by atoms with Crippen molar-refractivity contribution in [3.8, 4) is 0 Å². The number of thiol groups is 1. The average Bonchev–Trinajstić information content (AvgIpc) is 3.34. The van der Waals surface area contributed by atoms with Crippen molar-refractivity contribution in [1.29, 1.82) is 0 Å². The van der Waals surface area contributed by atoms with Crippen LogP contribution in [0.3, 0.4) is 0 Å². The molecule has 11 nitrogen and oxygen atoms in total. The van der Waals surface area contributed by atoms with Gasteiger partial charge in [0.05, 0.1) is 12.4 Å². The number of aliphatic carboxylic acids is 1. The van der Waals surface area contributed by atoms with Gasteiger partial charge in [0, 0.05) is 30.5 Å². The number of nitrogens with zero attached hydrogens (tertiary/aromatic N) is 1. The Labute approximate surface area is 209 Å². The molecule has 190 valence electrons. The quantitative estimate of drug-likeness (QED) is 0.182. The van der Waals surface area contributed by atoms with Crippen LogP contribution in [0, 0.1) is 5.92 Å². The molecule has 1 heterocycles. The molecule has 2 aromatic rings. The highest BCUT2D eigenvalue weighted by Gasteiger charge is 2.31. The molecule has 4 atom stereocenters. The first-order valence-corrected chi connectivity index (χ1v) is 11.8. The molecule has 1 aromatic carbocycles. The summed E-state index contributed by atoms with van der Waals surface area (Å²) in [6.07, 6.45) is 3.14. The highest BCUT2D eigenvalue weighted by atomic mass is 32.1. The molecule has 0 aliphatic carbocycles. The highest BCUT2D eigenvalue weighted by Crippen LogP contribution is 2.08. The zero-order chi connectivity index (χ0) is 26.0. The molecule has 0 fully saturated rings. The van der Waals surface area contributed by atoms with Crippen molar-refractivity contribution in [3.63, 3.8) is 0 Å². The molecule has 0 bridgehead atoms. The van der Waals surface area contributed by atoms with Crippen LogP contribution in [-0.2, 0) is 32.0 Å². The SMILES string of the molecule is CC(C)C(NC(=O)C(Cc1ccccc1)NC(=O)C(Cc1cnc[nH]1)NC(=O)C(N)CS)C(=O)O. The van der Waals surface area contributed by atoms with E-state index in [0.717, 1.165) is 5.56 Å². The lowest BCUT2D eigenvalue weighted by Crippen LogP contribution is -2.58. The number of imidazole rings is 1. The Morgan fingerprint density at radius 2 is 1.60 bits per heavy atom. The number of nitrogens with one attached hydrogen (secondary N) is 4. The van der Waals surface area contributed by atoms with Gasteiger partial charge in [-0.25, -0.2) is 9.78 Å². The Bertz CT molecular complexity index is 986. The molecule has 0 saturated carbocycles. The van der Waals surface area contributed by atoms with Crippen LogP contribution in [0.5, 0.6) is 0 Å². The van der Waals surface area contributed by atoms with Crippen molar-refractivity contribution in [1.82, 2.24) is 25.9 Å². The van der Waals surface area contributed by atoms with Gasteiger partial charge in [-0.05, 0) is 11.5 Å². The van der Waals surface area contributed by atoms with Gasteiger partial charge >= 0.3 is 5.97 Å². The van der Waals surface area contributed by atoms with Crippen LogP contribution in [0.15, 0.2) is 42.9 Å². The lowest BCUT2D eigenvalue weighted by Gasteiger charge is -2.26. The van der Waals surface area contributed by atoms with Gasteiger partial charge in [-0.3, -0.25) is 14.4 Å². The fraction of sp³-hybridized carbons (Fsp3) is 0.435. The summed E-state index contributed by atoms with van der Waals surface area (Å²) in [7, 11) is 0. The van der Waals surface area contributed by atoms with Gasteiger partial charge in [-0.1, -0.05) is 44.2 Å². The van der Waals surface area contributed by atoms with Crippen molar-refractivity contribution in [2.24, 2.45) is 11.7 Å². The third-order valence-corrected chi connectivity index (χ3v) is 5.68. The van der Waals surface area contributed by atoms with E-state index < -0.39 is 47.9 Å². The molecular weight excluding hydrogens is 472 g/mol. The standard InChI is InChI=1S/C23H32N6O5S/c1-13(2)19(23(33)34)29-22(32)17(8-14-6-4-3-5-7-14)28-21(31)18(9-15-10-25-12-26-15)27-20(30)16(24)11-35/h3-7,10,12-13,16-19,35H,8-9,11,24H2,1-2H3,(H,25,26)(H,27,30)(H,28,31)(H,29,32)(H,33,34). The van der Waals surface area contributed by atoms with Gasteiger partial charge in [0.25, 0.3) is 0 Å². The second-order valence-corrected chi connectivity index (χ2v) is 8.82. The van der Waals surface area contributed by atoms with Gasteiger partial charge in [0.15, 0.2) is 0 Å². The molecule has 0 saturated heterocycles. The molecule has 4 unspecified atom stereocenters. The number of aromatic nitrogens is 2. The van der Waals surface area contributed by atoms with Crippen LogP contribution >= 0.6 is 12.6 Å². The number of aromatic amines is 1. The number of rotatable bonds is 13. The van der Waals surface area contributed by atoms with Crippen molar-refractivity contribution in [3.05, 3.63) is 54.1 Å². The second kappa shape index (κ2) is 13.5. The number of carboxylic acids is 1. The topological polar surface area (TPSA) is 179 Å². The summed E-state index contributed by atoms with van der Waals surface area (Å²) in [5.41, 5.74) is 7.08. The monoisotopic (exact) mass is 504 g/mol. The van der Waals surface area contributed by atoms with E-state index >= 15 is 0 Å². The van der Waals surface area contributed by atoms with Crippen LogP contribution in [0.1, 0.15) is 25.1 Å².